The third kappa shape index (κ3) is 3.21. The number of rotatable bonds is 5. The average molecular weight is 182 g/mol. The average Bonchev–Trinajstić information content (AvgIpc) is 2.39. The van der Waals surface area contributed by atoms with Gasteiger partial charge in [-0.3, -0.25) is 4.79 Å². The molecule has 0 unspecified atom stereocenters. The van der Waals surface area contributed by atoms with E-state index in [-0.39, 0.29) is 18.0 Å². The van der Waals surface area contributed by atoms with E-state index in [2.05, 4.69) is 6.58 Å². The number of cyclic esters (lactones) is 1. The van der Waals surface area contributed by atoms with E-state index in [1.165, 1.54) is 0 Å². The van der Waals surface area contributed by atoms with Crippen LogP contribution in [-0.4, -0.2) is 12.1 Å². The van der Waals surface area contributed by atoms with Crippen molar-refractivity contribution in [1.29, 1.82) is 0 Å². The molecule has 74 valence electrons. The highest BCUT2D eigenvalue weighted by Crippen LogP contribution is 2.25. The van der Waals surface area contributed by atoms with Gasteiger partial charge in [-0.2, -0.15) is 0 Å². The summed E-state index contributed by atoms with van der Waals surface area (Å²) in [5.41, 5.74) is 0. The molecule has 13 heavy (non-hydrogen) atoms. The van der Waals surface area contributed by atoms with Crippen LogP contribution in [-0.2, 0) is 9.53 Å². The molecule has 0 amide bonds. The van der Waals surface area contributed by atoms with E-state index in [0.29, 0.717) is 0 Å². The Labute approximate surface area is 80.0 Å². The summed E-state index contributed by atoms with van der Waals surface area (Å²) in [4.78, 5) is 11.2. The number of esters is 1. The molecule has 1 aliphatic rings. The van der Waals surface area contributed by atoms with Gasteiger partial charge in [-0.25, -0.2) is 0 Å². The minimum atomic E-state index is 0.00565. The molecular weight excluding hydrogens is 164 g/mol. The van der Waals surface area contributed by atoms with Crippen molar-refractivity contribution in [1.82, 2.24) is 0 Å². The van der Waals surface area contributed by atoms with Crippen LogP contribution in [0.2, 0.25) is 0 Å². The number of carbonyl (C=O) groups is 1. The van der Waals surface area contributed by atoms with Gasteiger partial charge in [-0.05, 0) is 32.6 Å². The van der Waals surface area contributed by atoms with Gasteiger partial charge in [0.15, 0.2) is 0 Å². The molecule has 1 fully saturated rings. The largest absolute Gasteiger partial charge is 0.462 e. The van der Waals surface area contributed by atoms with Crippen LogP contribution in [0.15, 0.2) is 12.7 Å². The molecule has 1 rings (SSSR count). The highest BCUT2D eigenvalue weighted by Gasteiger charge is 2.30. The minimum Gasteiger partial charge on any atom is -0.462 e. The summed E-state index contributed by atoms with van der Waals surface area (Å²) in [5.74, 6) is 0.172. The fourth-order valence-electron chi connectivity index (χ4n) is 1.75. The van der Waals surface area contributed by atoms with Crippen molar-refractivity contribution in [2.45, 2.75) is 45.1 Å². The van der Waals surface area contributed by atoms with Crippen LogP contribution in [0.4, 0.5) is 0 Å². The first-order valence-corrected chi connectivity index (χ1v) is 5.05. The standard InChI is InChI=1S/C11H18O2/c1-3-4-5-6-7-10-8-9(2)13-11(10)12/h3,9-10H,1,4-8H2,2H3/t9-,10+/m1/s1. The van der Waals surface area contributed by atoms with Crippen molar-refractivity contribution >= 4 is 5.97 Å². The Kier molecular flexibility index (Phi) is 4.00. The topological polar surface area (TPSA) is 26.3 Å². The zero-order chi connectivity index (χ0) is 9.68. The van der Waals surface area contributed by atoms with Crippen LogP contribution in [0.3, 0.4) is 0 Å². The molecule has 0 spiro atoms. The van der Waals surface area contributed by atoms with E-state index < -0.39 is 0 Å². The first-order chi connectivity index (χ1) is 6.24. The zero-order valence-electron chi connectivity index (χ0n) is 8.29. The van der Waals surface area contributed by atoms with Crippen molar-refractivity contribution in [3.8, 4) is 0 Å². The Hall–Kier alpha value is -0.790. The van der Waals surface area contributed by atoms with Crippen LogP contribution >= 0.6 is 0 Å². The summed E-state index contributed by atoms with van der Waals surface area (Å²) in [6.45, 7) is 5.63. The van der Waals surface area contributed by atoms with E-state index in [4.69, 9.17) is 4.74 Å². The lowest BCUT2D eigenvalue weighted by Crippen LogP contribution is -2.06. The van der Waals surface area contributed by atoms with Crippen LogP contribution in [0.1, 0.15) is 39.0 Å². The fourth-order valence-corrected chi connectivity index (χ4v) is 1.75. The maximum absolute atomic E-state index is 11.2. The number of unbranched alkanes of at least 4 members (excludes halogenated alkanes) is 2. The Morgan fingerprint density at radius 1 is 1.62 bits per heavy atom. The lowest BCUT2D eigenvalue weighted by atomic mass is 9.98. The predicted octanol–water partition coefficient (Wildman–Crippen LogP) is 2.68. The Morgan fingerprint density at radius 2 is 2.38 bits per heavy atom. The second kappa shape index (κ2) is 5.05. The van der Waals surface area contributed by atoms with E-state index in [9.17, 15) is 4.79 Å². The molecule has 2 atom stereocenters. The number of ether oxygens (including phenoxy) is 1. The van der Waals surface area contributed by atoms with Gasteiger partial charge in [-0.1, -0.05) is 12.5 Å². The molecule has 0 radical (unpaired) electrons. The molecule has 2 nitrogen and oxygen atoms in total. The van der Waals surface area contributed by atoms with Gasteiger partial charge in [0.2, 0.25) is 0 Å². The molecular formula is C11H18O2. The molecule has 0 aromatic rings. The van der Waals surface area contributed by atoms with Gasteiger partial charge in [0.1, 0.15) is 0 Å². The van der Waals surface area contributed by atoms with Crippen LogP contribution in [0.5, 0.6) is 0 Å². The highest BCUT2D eigenvalue weighted by atomic mass is 16.5. The third-order valence-corrected chi connectivity index (χ3v) is 2.48. The van der Waals surface area contributed by atoms with Crippen molar-refractivity contribution < 1.29 is 9.53 Å². The first kappa shape index (κ1) is 10.3. The molecule has 0 aliphatic carbocycles. The molecule has 0 aromatic carbocycles. The SMILES string of the molecule is C=CCCCC[C@H]1C[C@@H](C)OC1=O. The first-order valence-electron chi connectivity index (χ1n) is 5.05. The van der Waals surface area contributed by atoms with Crippen molar-refractivity contribution in [3.05, 3.63) is 12.7 Å². The quantitative estimate of drug-likeness (QED) is 0.371. The molecule has 0 bridgehead atoms. The second-order valence-corrected chi connectivity index (χ2v) is 3.75. The summed E-state index contributed by atoms with van der Waals surface area (Å²) in [5, 5.41) is 0. The lowest BCUT2D eigenvalue weighted by Gasteiger charge is -2.03. The van der Waals surface area contributed by atoms with Gasteiger partial charge in [-0.15, -0.1) is 6.58 Å². The zero-order valence-corrected chi connectivity index (χ0v) is 8.29. The Balaban J connectivity index is 2.14. The fraction of sp³-hybridized carbons (Fsp3) is 0.727. The normalized spacial score (nSPS) is 27.3. The van der Waals surface area contributed by atoms with Gasteiger partial charge in [0.25, 0.3) is 0 Å². The monoisotopic (exact) mass is 182 g/mol. The Morgan fingerprint density at radius 3 is 2.92 bits per heavy atom. The molecule has 1 heterocycles. The molecule has 0 N–H and O–H groups in total. The van der Waals surface area contributed by atoms with Gasteiger partial charge in [0, 0.05) is 0 Å². The van der Waals surface area contributed by atoms with Crippen LogP contribution < -0.4 is 0 Å². The molecule has 0 saturated carbocycles. The van der Waals surface area contributed by atoms with E-state index in [0.717, 1.165) is 32.1 Å². The highest BCUT2D eigenvalue weighted by molar-refractivity contribution is 5.74. The van der Waals surface area contributed by atoms with Gasteiger partial charge < -0.3 is 4.74 Å². The summed E-state index contributed by atoms with van der Waals surface area (Å²) in [6, 6.07) is 0. The summed E-state index contributed by atoms with van der Waals surface area (Å²) >= 11 is 0. The van der Waals surface area contributed by atoms with E-state index >= 15 is 0 Å². The predicted molar refractivity (Wildman–Crippen MR) is 52.3 cm³/mol. The summed E-state index contributed by atoms with van der Waals surface area (Å²) < 4.78 is 5.07. The van der Waals surface area contributed by atoms with Crippen LogP contribution in [0.25, 0.3) is 0 Å². The molecule has 0 aromatic heterocycles. The number of allylic oxidation sites excluding steroid dienone is 1. The van der Waals surface area contributed by atoms with Crippen molar-refractivity contribution in [2.24, 2.45) is 5.92 Å². The van der Waals surface area contributed by atoms with Crippen molar-refractivity contribution in [3.63, 3.8) is 0 Å². The minimum absolute atomic E-state index is 0.00565. The smallest absolute Gasteiger partial charge is 0.309 e. The molecule has 1 aliphatic heterocycles. The van der Waals surface area contributed by atoms with Gasteiger partial charge in [0.05, 0.1) is 12.0 Å². The van der Waals surface area contributed by atoms with E-state index in [1.807, 2.05) is 13.0 Å². The summed E-state index contributed by atoms with van der Waals surface area (Å²) in [7, 11) is 0. The molecule has 2 heteroatoms. The van der Waals surface area contributed by atoms with E-state index in [1.54, 1.807) is 0 Å². The Bertz CT molecular complexity index is 187. The molecule has 1 saturated heterocycles. The number of carbonyl (C=O) groups excluding carboxylic acids is 1. The second-order valence-electron chi connectivity index (χ2n) is 3.75. The van der Waals surface area contributed by atoms with Gasteiger partial charge >= 0.3 is 5.97 Å². The maximum Gasteiger partial charge on any atom is 0.309 e. The number of hydrogen-bond donors (Lipinski definition) is 0. The number of hydrogen-bond acceptors (Lipinski definition) is 2. The van der Waals surface area contributed by atoms with Crippen molar-refractivity contribution in [2.75, 3.05) is 0 Å². The van der Waals surface area contributed by atoms with Crippen LogP contribution in [0, 0.1) is 5.92 Å². The maximum atomic E-state index is 11.2. The lowest BCUT2D eigenvalue weighted by molar-refractivity contribution is -0.143. The summed E-state index contributed by atoms with van der Waals surface area (Å²) in [6.07, 6.45) is 7.26. The third-order valence-electron chi connectivity index (χ3n) is 2.48.